The molecule has 1 aromatic heterocycles. The Morgan fingerprint density at radius 2 is 2.00 bits per heavy atom. The molecule has 3 aromatic rings. The number of nitrogens with one attached hydrogen (secondary N) is 1. The molecule has 1 N–H and O–H groups in total. The number of rotatable bonds is 7. The van der Waals surface area contributed by atoms with Crippen molar-refractivity contribution in [3.05, 3.63) is 81.8 Å². The second-order valence-corrected chi connectivity index (χ2v) is 7.21. The highest BCUT2D eigenvalue weighted by Crippen LogP contribution is 2.21. The van der Waals surface area contributed by atoms with Gasteiger partial charge in [0.15, 0.2) is 5.78 Å². The van der Waals surface area contributed by atoms with Crippen molar-refractivity contribution < 1.29 is 14.3 Å². The lowest BCUT2D eigenvalue weighted by atomic mass is 10.1. The number of aryl methyl sites for hydroxylation is 1. The molecule has 0 atom stereocenters. The van der Waals surface area contributed by atoms with Crippen LogP contribution in [0, 0.1) is 6.92 Å². The topological polar surface area (TPSA) is 68.3 Å². The third kappa shape index (κ3) is 5.37. The van der Waals surface area contributed by atoms with E-state index in [4.69, 9.17) is 4.74 Å². The lowest BCUT2D eigenvalue weighted by molar-refractivity contribution is -0.111. The number of amides is 1. The lowest BCUT2D eigenvalue weighted by Gasteiger charge is -2.08. The largest absolute Gasteiger partial charge is 0.487 e. The van der Waals surface area contributed by atoms with Gasteiger partial charge in [0.2, 0.25) is 5.91 Å². The number of carbonyl (C=O) groups is 2. The number of hydrogen-bond donors (Lipinski definition) is 1. The van der Waals surface area contributed by atoms with Crippen LogP contribution in [0.2, 0.25) is 0 Å². The molecule has 2 aromatic carbocycles. The van der Waals surface area contributed by atoms with Gasteiger partial charge in [-0.25, -0.2) is 4.98 Å². The van der Waals surface area contributed by atoms with Gasteiger partial charge in [0.1, 0.15) is 12.4 Å². The molecule has 0 aliphatic heterocycles. The monoisotopic (exact) mass is 392 g/mol. The summed E-state index contributed by atoms with van der Waals surface area (Å²) in [4.78, 5) is 28.1. The second kappa shape index (κ2) is 9.10. The van der Waals surface area contributed by atoms with Crippen molar-refractivity contribution in [1.29, 1.82) is 0 Å². The van der Waals surface area contributed by atoms with Gasteiger partial charge in [-0.1, -0.05) is 30.3 Å². The number of anilines is 1. The van der Waals surface area contributed by atoms with Crippen LogP contribution in [0.5, 0.6) is 5.75 Å². The first-order chi connectivity index (χ1) is 13.5. The fourth-order valence-corrected chi connectivity index (χ4v) is 3.14. The van der Waals surface area contributed by atoms with Crippen molar-refractivity contribution in [1.82, 2.24) is 4.98 Å². The van der Waals surface area contributed by atoms with Crippen LogP contribution in [0.3, 0.4) is 0 Å². The van der Waals surface area contributed by atoms with Crippen molar-refractivity contribution in [2.45, 2.75) is 20.5 Å². The van der Waals surface area contributed by atoms with E-state index in [1.54, 1.807) is 41.7 Å². The van der Waals surface area contributed by atoms with Crippen molar-refractivity contribution in [2.75, 3.05) is 5.32 Å². The highest BCUT2D eigenvalue weighted by Gasteiger charge is 2.05. The fourth-order valence-electron chi connectivity index (χ4n) is 2.54. The summed E-state index contributed by atoms with van der Waals surface area (Å²) < 4.78 is 5.85. The van der Waals surface area contributed by atoms with E-state index in [1.807, 2.05) is 36.6 Å². The SMILES string of the molecule is CC(=O)c1cccc(NC(=O)/C=C/c2ccccc2OCc2csc(C)n2)c1. The zero-order valence-electron chi connectivity index (χ0n) is 15.6. The fraction of sp³-hybridized carbons (Fsp3) is 0.136. The predicted molar refractivity (Wildman–Crippen MR) is 112 cm³/mol. The Morgan fingerprint density at radius 1 is 1.18 bits per heavy atom. The van der Waals surface area contributed by atoms with Crippen LogP contribution < -0.4 is 10.1 Å². The van der Waals surface area contributed by atoms with Gasteiger partial charge in [-0.15, -0.1) is 11.3 Å². The average molecular weight is 392 g/mol. The maximum atomic E-state index is 12.2. The number of para-hydroxylation sites is 1. The minimum Gasteiger partial charge on any atom is -0.487 e. The van der Waals surface area contributed by atoms with E-state index in [0.29, 0.717) is 23.6 Å². The lowest BCUT2D eigenvalue weighted by Crippen LogP contribution is -2.08. The second-order valence-electron chi connectivity index (χ2n) is 6.14. The Hall–Kier alpha value is -3.25. The molecule has 0 bridgehead atoms. The molecule has 0 radical (unpaired) electrons. The number of ketones is 1. The number of Topliss-reactive ketones (excluding diaryl/α,β-unsaturated/α-hetero) is 1. The van der Waals surface area contributed by atoms with Crippen molar-refractivity contribution >= 4 is 34.8 Å². The van der Waals surface area contributed by atoms with Gasteiger partial charge in [0, 0.05) is 28.3 Å². The number of carbonyl (C=O) groups excluding carboxylic acids is 2. The maximum Gasteiger partial charge on any atom is 0.248 e. The average Bonchev–Trinajstić information content (AvgIpc) is 3.11. The van der Waals surface area contributed by atoms with Crippen molar-refractivity contribution in [3.8, 4) is 5.75 Å². The Morgan fingerprint density at radius 3 is 2.75 bits per heavy atom. The van der Waals surface area contributed by atoms with Gasteiger partial charge < -0.3 is 10.1 Å². The molecule has 0 saturated heterocycles. The van der Waals surface area contributed by atoms with E-state index in [1.165, 1.54) is 13.0 Å². The molecular formula is C22H20N2O3S. The third-order valence-electron chi connectivity index (χ3n) is 3.91. The minimum atomic E-state index is -0.286. The quantitative estimate of drug-likeness (QED) is 0.459. The molecule has 5 nitrogen and oxygen atoms in total. The van der Waals surface area contributed by atoms with Crippen LogP contribution in [0.25, 0.3) is 6.08 Å². The normalized spacial score (nSPS) is 10.8. The van der Waals surface area contributed by atoms with Crippen LogP contribution in [0.4, 0.5) is 5.69 Å². The van der Waals surface area contributed by atoms with Gasteiger partial charge in [-0.3, -0.25) is 9.59 Å². The minimum absolute atomic E-state index is 0.0481. The Balaban J connectivity index is 1.65. The van der Waals surface area contributed by atoms with Gasteiger partial charge in [0.25, 0.3) is 0 Å². The Bertz CT molecular complexity index is 1020. The van der Waals surface area contributed by atoms with E-state index in [-0.39, 0.29) is 11.7 Å². The smallest absolute Gasteiger partial charge is 0.248 e. The van der Waals surface area contributed by atoms with E-state index < -0.39 is 0 Å². The number of aromatic nitrogens is 1. The summed E-state index contributed by atoms with van der Waals surface area (Å²) in [6, 6.07) is 14.3. The molecule has 6 heteroatoms. The summed E-state index contributed by atoms with van der Waals surface area (Å²) in [6.07, 6.45) is 3.14. The molecule has 0 spiro atoms. The van der Waals surface area contributed by atoms with Gasteiger partial charge in [0.05, 0.1) is 10.7 Å². The third-order valence-corrected chi connectivity index (χ3v) is 4.73. The molecule has 1 heterocycles. The first-order valence-corrected chi connectivity index (χ1v) is 9.62. The molecule has 28 heavy (non-hydrogen) atoms. The molecule has 1 amide bonds. The first-order valence-electron chi connectivity index (χ1n) is 8.74. The molecule has 3 rings (SSSR count). The molecule has 0 aliphatic carbocycles. The zero-order chi connectivity index (χ0) is 19.9. The van der Waals surface area contributed by atoms with Crippen molar-refractivity contribution in [2.24, 2.45) is 0 Å². The van der Waals surface area contributed by atoms with E-state index in [2.05, 4.69) is 10.3 Å². The number of ether oxygens (including phenoxy) is 1. The van der Waals surface area contributed by atoms with E-state index >= 15 is 0 Å². The number of hydrogen-bond acceptors (Lipinski definition) is 5. The summed E-state index contributed by atoms with van der Waals surface area (Å²) in [5, 5.41) is 5.73. The maximum absolute atomic E-state index is 12.2. The Kier molecular flexibility index (Phi) is 6.34. The molecular weight excluding hydrogens is 372 g/mol. The summed E-state index contributed by atoms with van der Waals surface area (Å²) in [6.45, 7) is 3.82. The summed E-state index contributed by atoms with van der Waals surface area (Å²) in [5.41, 5.74) is 2.80. The van der Waals surface area contributed by atoms with Crippen LogP contribution in [-0.2, 0) is 11.4 Å². The van der Waals surface area contributed by atoms with E-state index in [0.717, 1.165) is 16.3 Å². The summed E-state index contributed by atoms with van der Waals surface area (Å²) >= 11 is 1.58. The molecule has 0 fully saturated rings. The zero-order valence-corrected chi connectivity index (χ0v) is 16.5. The Labute approximate surface area is 167 Å². The van der Waals surface area contributed by atoms with Crippen LogP contribution in [0.15, 0.2) is 60.0 Å². The molecule has 0 aliphatic rings. The highest BCUT2D eigenvalue weighted by molar-refractivity contribution is 7.09. The molecule has 142 valence electrons. The highest BCUT2D eigenvalue weighted by atomic mass is 32.1. The van der Waals surface area contributed by atoms with Gasteiger partial charge >= 0.3 is 0 Å². The van der Waals surface area contributed by atoms with Crippen LogP contribution >= 0.6 is 11.3 Å². The predicted octanol–water partition coefficient (Wildman–Crippen LogP) is 4.89. The number of thiazole rings is 1. The summed E-state index contributed by atoms with van der Waals surface area (Å²) in [7, 11) is 0. The first kappa shape index (κ1) is 19.5. The molecule has 0 saturated carbocycles. The van der Waals surface area contributed by atoms with Gasteiger partial charge in [-0.2, -0.15) is 0 Å². The standard InChI is InChI=1S/C22H20N2O3S/c1-15(25)18-7-5-8-19(12-18)24-22(26)11-10-17-6-3-4-9-21(17)27-13-20-14-28-16(2)23-20/h3-12,14H,13H2,1-2H3,(H,24,26)/b11-10+. The van der Waals surface area contributed by atoms with Crippen molar-refractivity contribution in [3.63, 3.8) is 0 Å². The molecule has 0 unspecified atom stereocenters. The van der Waals surface area contributed by atoms with Crippen LogP contribution in [-0.4, -0.2) is 16.7 Å². The van der Waals surface area contributed by atoms with E-state index in [9.17, 15) is 9.59 Å². The summed E-state index contributed by atoms with van der Waals surface area (Å²) in [5.74, 6) is 0.342. The van der Waals surface area contributed by atoms with Crippen LogP contribution in [0.1, 0.15) is 33.5 Å². The number of benzene rings is 2. The number of nitrogens with zero attached hydrogens (tertiary/aromatic N) is 1. The van der Waals surface area contributed by atoms with Gasteiger partial charge in [-0.05, 0) is 38.1 Å².